The van der Waals surface area contributed by atoms with Crippen molar-refractivity contribution in [2.75, 3.05) is 6.61 Å². The van der Waals surface area contributed by atoms with Crippen molar-refractivity contribution in [1.82, 2.24) is 0 Å². The van der Waals surface area contributed by atoms with E-state index in [-0.39, 0.29) is 0 Å². The van der Waals surface area contributed by atoms with Gasteiger partial charge in [0.15, 0.2) is 0 Å². The molecule has 0 aliphatic heterocycles. The van der Waals surface area contributed by atoms with E-state index in [9.17, 15) is 0 Å². The molecule has 0 aliphatic rings. The van der Waals surface area contributed by atoms with E-state index in [1.54, 1.807) is 0 Å². The normalized spacial score (nSPS) is 10.7. The zero-order valence-electron chi connectivity index (χ0n) is 10.5. The number of aliphatic hydroxyl groups is 1. The fourth-order valence-electron chi connectivity index (χ4n) is 1.98. The lowest BCUT2D eigenvalue weighted by Gasteiger charge is -2.02. The number of hydrogen-bond acceptors (Lipinski definition) is 1. The predicted molar refractivity (Wildman–Crippen MR) is 82.3 cm³/mol. The molecular formula is C15H23IO. The molecule has 0 bridgehead atoms. The molecule has 1 aromatic rings. The van der Waals surface area contributed by atoms with Crippen molar-refractivity contribution in [3.8, 4) is 0 Å². The number of halogens is 1. The molecule has 0 atom stereocenters. The molecule has 0 aromatic heterocycles. The van der Waals surface area contributed by atoms with Crippen molar-refractivity contribution in [2.45, 2.75) is 51.4 Å². The first kappa shape index (κ1) is 15.0. The molecule has 0 radical (unpaired) electrons. The van der Waals surface area contributed by atoms with Crippen LogP contribution in [0.25, 0.3) is 0 Å². The van der Waals surface area contributed by atoms with Crippen LogP contribution in [0.3, 0.4) is 0 Å². The molecule has 0 unspecified atom stereocenters. The van der Waals surface area contributed by atoms with E-state index in [4.69, 9.17) is 5.11 Å². The Kier molecular flexibility index (Phi) is 8.71. The molecule has 0 spiro atoms. The Balaban J connectivity index is 1.95. The Labute approximate surface area is 119 Å². The van der Waals surface area contributed by atoms with Crippen LogP contribution in [0.4, 0.5) is 0 Å². The van der Waals surface area contributed by atoms with Crippen LogP contribution in [0.1, 0.15) is 50.5 Å². The van der Waals surface area contributed by atoms with Gasteiger partial charge in [-0.05, 0) is 59.5 Å². The summed E-state index contributed by atoms with van der Waals surface area (Å²) in [5.41, 5.74) is 1.46. The average Bonchev–Trinajstić information content (AvgIpc) is 2.35. The number of hydrogen-bond donors (Lipinski definition) is 1. The van der Waals surface area contributed by atoms with Crippen molar-refractivity contribution >= 4 is 22.6 Å². The molecular weight excluding hydrogens is 323 g/mol. The topological polar surface area (TPSA) is 20.2 Å². The van der Waals surface area contributed by atoms with Gasteiger partial charge in [-0.3, -0.25) is 0 Å². The van der Waals surface area contributed by atoms with E-state index in [1.807, 2.05) is 0 Å². The Bertz CT molecular complexity index is 281. The summed E-state index contributed by atoms with van der Waals surface area (Å²) in [6.45, 7) is 0.354. The summed E-state index contributed by atoms with van der Waals surface area (Å²) in [5, 5.41) is 8.65. The van der Waals surface area contributed by atoms with Gasteiger partial charge < -0.3 is 5.11 Å². The summed E-state index contributed by atoms with van der Waals surface area (Å²) in [7, 11) is 0. The van der Waals surface area contributed by atoms with Gasteiger partial charge in [0.1, 0.15) is 0 Å². The van der Waals surface area contributed by atoms with Crippen LogP contribution in [0, 0.1) is 3.57 Å². The fraction of sp³-hybridized carbons (Fsp3) is 0.600. The van der Waals surface area contributed by atoms with Gasteiger partial charge >= 0.3 is 0 Å². The van der Waals surface area contributed by atoms with E-state index >= 15 is 0 Å². The number of aliphatic hydroxyl groups excluding tert-OH is 1. The van der Waals surface area contributed by atoms with E-state index in [1.165, 1.54) is 54.1 Å². The van der Waals surface area contributed by atoms with E-state index in [0.717, 1.165) is 6.42 Å². The highest BCUT2D eigenvalue weighted by Gasteiger charge is 1.94. The molecule has 0 fully saturated rings. The molecule has 0 saturated heterocycles. The molecule has 0 aliphatic carbocycles. The molecule has 0 amide bonds. The van der Waals surface area contributed by atoms with Crippen molar-refractivity contribution < 1.29 is 5.11 Å². The summed E-state index contributed by atoms with van der Waals surface area (Å²) >= 11 is 2.35. The third-order valence-corrected chi connectivity index (χ3v) is 3.76. The minimum Gasteiger partial charge on any atom is -0.396 e. The van der Waals surface area contributed by atoms with E-state index < -0.39 is 0 Å². The van der Waals surface area contributed by atoms with Crippen molar-refractivity contribution in [2.24, 2.45) is 0 Å². The SMILES string of the molecule is OCCCCCCCCCc1ccc(I)cc1. The maximum atomic E-state index is 8.65. The maximum Gasteiger partial charge on any atom is 0.0431 e. The average molecular weight is 346 g/mol. The maximum absolute atomic E-state index is 8.65. The van der Waals surface area contributed by atoms with Gasteiger partial charge in [0.05, 0.1) is 0 Å². The Hall–Kier alpha value is -0.0900. The Morgan fingerprint density at radius 2 is 1.29 bits per heavy atom. The third kappa shape index (κ3) is 7.77. The van der Waals surface area contributed by atoms with Gasteiger partial charge in [-0.2, -0.15) is 0 Å². The second-order valence-electron chi connectivity index (χ2n) is 4.57. The quantitative estimate of drug-likeness (QED) is 0.514. The third-order valence-electron chi connectivity index (χ3n) is 3.04. The zero-order chi connectivity index (χ0) is 12.3. The van der Waals surface area contributed by atoms with Gasteiger partial charge in [0.25, 0.3) is 0 Å². The van der Waals surface area contributed by atoms with E-state index in [0.29, 0.717) is 6.61 Å². The molecule has 1 nitrogen and oxygen atoms in total. The highest BCUT2D eigenvalue weighted by molar-refractivity contribution is 14.1. The number of benzene rings is 1. The van der Waals surface area contributed by atoms with Crippen LogP contribution in [-0.2, 0) is 6.42 Å². The monoisotopic (exact) mass is 346 g/mol. The molecule has 1 rings (SSSR count). The molecule has 17 heavy (non-hydrogen) atoms. The molecule has 2 heteroatoms. The second-order valence-corrected chi connectivity index (χ2v) is 5.82. The summed E-state index contributed by atoms with van der Waals surface area (Å²) < 4.78 is 1.32. The van der Waals surface area contributed by atoms with Crippen molar-refractivity contribution in [3.63, 3.8) is 0 Å². The van der Waals surface area contributed by atoms with Gasteiger partial charge in [-0.25, -0.2) is 0 Å². The van der Waals surface area contributed by atoms with Gasteiger partial charge in [-0.15, -0.1) is 0 Å². The predicted octanol–water partition coefficient (Wildman–Crippen LogP) is 4.56. The second kappa shape index (κ2) is 9.89. The molecule has 1 N–H and O–H groups in total. The first-order valence-electron chi connectivity index (χ1n) is 6.68. The Morgan fingerprint density at radius 3 is 1.88 bits per heavy atom. The highest BCUT2D eigenvalue weighted by atomic mass is 127. The van der Waals surface area contributed by atoms with Crippen LogP contribution in [0.15, 0.2) is 24.3 Å². The van der Waals surface area contributed by atoms with Gasteiger partial charge in [-0.1, -0.05) is 44.2 Å². The summed E-state index contributed by atoms with van der Waals surface area (Å²) in [4.78, 5) is 0. The van der Waals surface area contributed by atoms with Crippen molar-refractivity contribution in [3.05, 3.63) is 33.4 Å². The lowest BCUT2D eigenvalue weighted by atomic mass is 10.0. The Morgan fingerprint density at radius 1 is 0.765 bits per heavy atom. The first-order chi connectivity index (χ1) is 8.33. The molecule has 0 saturated carbocycles. The van der Waals surface area contributed by atoms with Gasteiger partial charge in [0.2, 0.25) is 0 Å². The van der Waals surface area contributed by atoms with Crippen LogP contribution >= 0.6 is 22.6 Å². The fourth-order valence-corrected chi connectivity index (χ4v) is 2.34. The largest absolute Gasteiger partial charge is 0.396 e. The smallest absolute Gasteiger partial charge is 0.0431 e. The molecule has 1 aromatic carbocycles. The van der Waals surface area contributed by atoms with E-state index in [2.05, 4.69) is 46.9 Å². The molecule has 0 heterocycles. The van der Waals surface area contributed by atoms with Crippen LogP contribution in [0.2, 0.25) is 0 Å². The van der Waals surface area contributed by atoms with Crippen molar-refractivity contribution in [1.29, 1.82) is 0 Å². The number of rotatable bonds is 9. The minimum atomic E-state index is 0.354. The lowest BCUT2D eigenvalue weighted by molar-refractivity contribution is 0.282. The standard InChI is InChI=1S/C15H23IO/c16-15-11-9-14(10-12-15)8-6-4-2-1-3-5-7-13-17/h9-12,17H,1-8,13H2. The molecule has 96 valence electrons. The van der Waals surface area contributed by atoms with Crippen LogP contribution in [0.5, 0.6) is 0 Å². The number of unbranched alkanes of at least 4 members (excludes halogenated alkanes) is 6. The highest BCUT2D eigenvalue weighted by Crippen LogP contribution is 2.12. The minimum absolute atomic E-state index is 0.354. The summed E-state index contributed by atoms with van der Waals surface area (Å²) in [5.74, 6) is 0. The zero-order valence-corrected chi connectivity index (χ0v) is 12.7. The number of aryl methyl sites for hydroxylation is 1. The lowest BCUT2D eigenvalue weighted by Crippen LogP contribution is -1.87. The van der Waals surface area contributed by atoms with Crippen LogP contribution in [-0.4, -0.2) is 11.7 Å². The summed E-state index contributed by atoms with van der Waals surface area (Å²) in [6.07, 6.45) is 9.97. The van der Waals surface area contributed by atoms with Gasteiger partial charge in [0, 0.05) is 10.2 Å². The van der Waals surface area contributed by atoms with Crippen LogP contribution < -0.4 is 0 Å². The first-order valence-corrected chi connectivity index (χ1v) is 7.76. The summed E-state index contributed by atoms with van der Waals surface area (Å²) in [6, 6.07) is 8.85.